The molecular formula is C11H15N3O. The van der Waals surface area contributed by atoms with Gasteiger partial charge in [-0.05, 0) is 17.7 Å². The number of benzene rings is 1. The molecule has 1 amide bonds. The lowest BCUT2D eigenvalue weighted by atomic mass is 10.1. The largest absolute Gasteiger partial charge is 0.326 e. The minimum Gasteiger partial charge on any atom is -0.326 e. The van der Waals surface area contributed by atoms with Crippen LogP contribution in [-0.4, -0.2) is 12.5 Å². The number of hydrogen-bond acceptors (Lipinski definition) is 3. The van der Waals surface area contributed by atoms with E-state index in [0.29, 0.717) is 13.1 Å². The molecule has 3 N–H and O–H groups in total. The monoisotopic (exact) mass is 205 g/mol. The molecular weight excluding hydrogens is 190 g/mol. The number of amides is 1. The minimum atomic E-state index is 0.0477. The maximum Gasteiger partial charge on any atom is 0.245 e. The lowest BCUT2D eigenvalue weighted by Crippen LogP contribution is -2.34. The summed E-state index contributed by atoms with van der Waals surface area (Å²) in [5, 5.41) is 1.60. The third-order valence-electron chi connectivity index (χ3n) is 2.60. The Morgan fingerprint density at radius 2 is 2.40 bits per heavy atom. The summed E-state index contributed by atoms with van der Waals surface area (Å²) in [6.45, 7) is 3.11. The van der Waals surface area contributed by atoms with Crippen molar-refractivity contribution in [1.82, 2.24) is 5.43 Å². The van der Waals surface area contributed by atoms with Crippen molar-refractivity contribution in [2.45, 2.75) is 13.5 Å². The second-order valence-electron chi connectivity index (χ2n) is 3.81. The molecule has 1 aliphatic rings. The number of nitrogens with one attached hydrogen (secondary N) is 1. The summed E-state index contributed by atoms with van der Waals surface area (Å²) in [7, 11) is 0. The first-order chi connectivity index (χ1) is 7.22. The van der Waals surface area contributed by atoms with Gasteiger partial charge in [-0.2, -0.15) is 0 Å². The molecule has 1 unspecified atom stereocenters. The molecule has 0 bridgehead atoms. The lowest BCUT2D eigenvalue weighted by molar-refractivity contribution is -0.119. The molecule has 1 aromatic carbocycles. The Kier molecular flexibility index (Phi) is 2.70. The molecule has 0 aromatic heterocycles. The topological polar surface area (TPSA) is 58.4 Å². The highest BCUT2D eigenvalue weighted by molar-refractivity contribution is 5.96. The fraction of sp³-hybridized carbons (Fsp3) is 0.364. The van der Waals surface area contributed by atoms with E-state index in [1.165, 1.54) is 0 Å². The molecule has 1 aromatic rings. The van der Waals surface area contributed by atoms with Gasteiger partial charge >= 0.3 is 0 Å². The van der Waals surface area contributed by atoms with Gasteiger partial charge in [-0.15, -0.1) is 0 Å². The van der Waals surface area contributed by atoms with Crippen LogP contribution in [-0.2, 0) is 11.3 Å². The Morgan fingerprint density at radius 3 is 3.00 bits per heavy atom. The minimum absolute atomic E-state index is 0.0477. The summed E-state index contributed by atoms with van der Waals surface area (Å²) in [5.41, 5.74) is 10.5. The zero-order valence-corrected chi connectivity index (χ0v) is 8.73. The average Bonchev–Trinajstić information content (AvgIpc) is 2.60. The second-order valence-corrected chi connectivity index (χ2v) is 3.81. The quantitative estimate of drug-likeness (QED) is 0.744. The van der Waals surface area contributed by atoms with Crippen molar-refractivity contribution in [2.75, 3.05) is 11.6 Å². The van der Waals surface area contributed by atoms with E-state index < -0.39 is 0 Å². The van der Waals surface area contributed by atoms with Crippen LogP contribution in [0.5, 0.6) is 0 Å². The van der Waals surface area contributed by atoms with Crippen LogP contribution in [0.1, 0.15) is 12.5 Å². The predicted molar refractivity (Wildman–Crippen MR) is 59.0 cm³/mol. The number of hydrazine groups is 1. The zero-order valence-electron chi connectivity index (χ0n) is 8.73. The van der Waals surface area contributed by atoms with Crippen LogP contribution < -0.4 is 16.2 Å². The molecule has 1 heterocycles. The number of nitrogens with zero attached hydrogens (tertiary/aromatic N) is 1. The average molecular weight is 205 g/mol. The van der Waals surface area contributed by atoms with Crippen molar-refractivity contribution in [3.05, 3.63) is 29.8 Å². The highest BCUT2D eigenvalue weighted by Crippen LogP contribution is 2.19. The molecule has 4 nitrogen and oxygen atoms in total. The fourth-order valence-electron chi connectivity index (χ4n) is 1.65. The standard InChI is InChI=1S/C11H15N3O/c1-8-7-13-14(11(8)15)10-4-2-3-9(5-10)6-12/h2-5,8,13H,6-7,12H2,1H3. The summed E-state index contributed by atoms with van der Waals surface area (Å²) in [6, 6.07) is 7.70. The summed E-state index contributed by atoms with van der Waals surface area (Å²) in [5.74, 6) is 0.163. The first kappa shape index (κ1) is 10.1. The Hall–Kier alpha value is -1.39. The van der Waals surface area contributed by atoms with Gasteiger partial charge in [-0.25, -0.2) is 10.4 Å². The van der Waals surface area contributed by atoms with Gasteiger partial charge in [0.2, 0.25) is 5.91 Å². The summed E-state index contributed by atoms with van der Waals surface area (Å²) in [6.07, 6.45) is 0. The van der Waals surface area contributed by atoms with Crippen molar-refractivity contribution in [3.63, 3.8) is 0 Å². The van der Waals surface area contributed by atoms with Gasteiger partial charge < -0.3 is 5.73 Å². The van der Waals surface area contributed by atoms with E-state index in [4.69, 9.17) is 5.73 Å². The number of nitrogens with two attached hydrogens (primary N) is 1. The van der Waals surface area contributed by atoms with Crippen LogP contribution in [0.25, 0.3) is 0 Å². The summed E-state index contributed by atoms with van der Waals surface area (Å²) in [4.78, 5) is 11.7. The Balaban J connectivity index is 2.26. The van der Waals surface area contributed by atoms with Crippen LogP contribution in [0.4, 0.5) is 5.69 Å². The van der Waals surface area contributed by atoms with Crippen LogP contribution in [0.2, 0.25) is 0 Å². The molecule has 0 spiro atoms. The smallest absolute Gasteiger partial charge is 0.245 e. The zero-order chi connectivity index (χ0) is 10.8. The van der Waals surface area contributed by atoms with Gasteiger partial charge in [0, 0.05) is 13.1 Å². The Labute approximate surface area is 89.0 Å². The van der Waals surface area contributed by atoms with E-state index in [0.717, 1.165) is 11.3 Å². The Morgan fingerprint density at radius 1 is 1.60 bits per heavy atom. The highest BCUT2D eigenvalue weighted by atomic mass is 16.2. The van der Waals surface area contributed by atoms with Gasteiger partial charge in [0.25, 0.3) is 0 Å². The van der Waals surface area contributed by atoms with E-state index in [1.54, 1.807) is 5.01 Å². The summed E-state index contributed by atoms with van der Waals surface area (Å²) < 4.78 is 0. The molecule has 80 valence electrons. The van der Waals surface area contributed by atoms with E-state index in [1.807, 2.05) is 31.2 Å². The molecule has 0 saturated carbocycles. The Bertz CT molecular complexity index is 378. The van der Waals surface area contributed by atoms with Crippen LogP contribution in [0.3, 0.4) is 0 Å². The molecule has 4 heteroatoms. The molecule has 0 aliphatic carbocycles. The normalized spacial score (nSPS) is 21.1. The highest BCUT2D eigenvalue weighted by Gasteiger charge is 2.28. The third kappa shape index (κ3) is 1.86. The molecule has 1 aliphatic heterocycles. The van der Waals surface area contributed by atoms with Gasteiger partial charge in [0.15, 0.2) is 0 Å². The van der Waals surface area contributed by atoms with Crippen molar-refractivity contribution < 1.29 is 4.79 Å². The maximum atomic E-state index is 11.7. The third-order valence-corrected chi connectivity index (χ3v) is 2.60. The maximum absolute atomic E-state index is 11.7. The van der Waals surface area contributed by atoms with E-state index in [2.05, 4.69) is 5.43 Å². The second kappa shape index (κ2) is 4.00. The summed E-state index contributed by atoms with van der Waals surface area (Å²) >= 11 is 0. The van der Waals surface area contributed by atoms with Gasteiger partial charge in [-0.1, -0.05) is 19.1 Å². The van der Waals surface area contributed by atoms with Crippen molar-refractivity contribution in [1.29, 1.82) is 0 Å². The van der Waals surface area contributed by atoms with E-state index in [9.17, 15) is 4.79 Å². The molecule has 0 radical (unpaired) electrons. The lowest BCUT2D eigenvalue weighted by Gasteiger charge is -2.16. The number of rotatable bonds is 2. The number of carbonyl (C=O) groups excluding carboxylic acids is 1. The first-order valence-corrected chi connectivity index (χ1v) is 5.09. The van der Waals surface area contributed by atoms with Crippen LogP contribution in [0.15, 0.2) is 24.3 Å². The predicted octanol–water partition coefficient (Wildman–Crippen LogP) is 0.633. The van der Waals surface area contributed by atoms with Crippen LogP contribution >= 0.6 is 0 Å². The SMILES string of the molecule is CC1CNN(c2cccc(CN)c2)C1=O. The van der Waals surface area contributed by atoms with Gasteiger partial charge in [-0.3, -0.25) is 4.79 Å². The van der Waals surface area contributed by atoms with Gasteiger partial charge in [0.05, 0.1) is 11.6 Å². The molecule has 2 rings (SSSR count). The van der Waals surface area contributed by atoms with Crippen molar-refractivity contribution >= 4 is 11.6 Å². The first-order valence-electron chi connectivity index (χ1n) is 5.09. The van der Waals surface area contributed by atoms with Crippen molar-refractivity contribution in [2.24, 2.45) is 11.7 Å². The van der Waals surface area contributed by atoms with Crippen molar-refractivity contribution in [3.8, 4) is 0 Å². The van der Waals surface area contributed by atoms with Crippen LogP contribution in [0, 0.1) is 5.92 Å². The molecule has 1 atom stereocenters. The molecule has 1 fully saturated rings. The molecule has 15 heavy (non-hydrogen) atoms. The fourth-order valence-corrected chi connectivity index (χ4v) is 1.65. The number of carbonyl (C=O) groups is 1. The number of anilines is 1. The molecule has 1 saturated heterocycles. The van der Waals surface area contributed by atoms with Gasteiger partial charge in [0.1, 0.15) is 0 Å². The van der Waals surface area contributed by atoms with E-state index in [-0.39, 0.29) is 11.8 Å². The van der Waals surface area contributed by atoms with E-state index >= 15 is 0 Å². The number of hydrogen-bond donors (Lipinski definition) is 2.